The van der Waals surface area contributed by atoms with Gasteiger partial charge in [0.1, 0.15) is 12.4 Å². The fourth-order valence-electron chi connectivity index (χ4n) is 3.60. The van der Waals surface area contributed by atoms with Gasteiger partial charge in [-0.15, -0.1) is 0 Å². The van der Waals surface area contributed by atoms with Gasteiger partial charge in [-0.2, -0.15) is 0 Å². The van der Waals surface area contributed by atoms with Crippen LogP contribution in [0.5, 0.6) is 5.75 Å². The summed E-state index contributed by atoms with van der Waals surface area (Å²) in [7, 11) is 1.31. The second-order valence-corrected chi connectivity index (χ2v) is 7.67. The number of hydrogen-bond donors (Lipinski definition) is 1. The number of amides is 2. The molecular formula is C23H24N2O6. The van der Waals surface area contributed by atoms with E-state index in [1.807, 2.05) is 30.3 Å². The minimum atomic E-state index is -0.833. The number of rotatable bonds is 6. The zero-order chi connectivity index (χ0) is 22.0. The number of methoxy groups -OCH3 is 1. The molecule has 0 bridgehead atoms. The van der Waals surface area contributed by atoms with E-state index in [1.165, 1.54) is 7.11 Å². The Balaban J connectivity index is 1.44. The SMILES string of the molecule is COC(=O)c1cc2c(cc1C)OC1(CC1)C(=O)N2CCNC(=O)OCc1ccccc1. The fraction of sp³-hybridized carbons (Fsp3) is 0.348. The molecule has 0 radical (unpaired) electrons. The second kappa shape index (κ2) is 8.29. The Kier molecular flexibility index (Phi) is 5.54. The van der Waals surface area contributed by atoms with E-state index in [4.69, 9.17) is 14.2 Å². The number of fused-ring (bicyclic) bond motifs is 1. The number of ether oxygens (including phenoxy) is 3. The predicted molar refractivity (Wildman–Crippen MR) is 112 cm³/mol. The van der Waals surface area contributed by atoms with Gasteiger partial charge in [-0.3, -0.25) is 4.79 Å². The van der Waals surface area contributed by atoms with Crippen LogP contribution in [0.4, 0.5) is 10.5 Å². The van der Waals surface area contributed by atoms with Gasteiger partial charge in [0.2, 0.25) is 0 Å². The molecular weight excluding hydrogens is 400 g/mol. The molecule has 1 fully saturated rings. The first-order valence-corrected chi connectivity index (χ1v) is 10.1. The molecule has 0 aromatic heterocycles. The molecule has 1 heterocycles. The van der Waals surface area contributed by atoms with Crippen molar-refractivity contribution < 1.29 is 28.6 Å². The lowest BCUT2D eigenvalue weighted by atomic mass is 10.0. The molecule has 2 amide bonds. The molecule has 4 rings (SSSR count). The van der Waals surface area contributed by atoms with E-state index in [0.717, 1.165) is 5.56 Å². The lowest BCUT2D eigenvalue weighted by molar-refractivity contribution is -0.128. The molecule has 8 heteroatoms. The third-order valence-corrected chi connectivity index (χ3v) is 5.46. The zero-order valence-corrected chi connectivity index (χ0v) is 17.5. The molecule has 0 saturated heterocycles. The van der Waals surface area contributed by atoms with Crippen molar-refractivity contribution in [2.75, 3.05) is 25.1 Å². The molecule has 1 N–H and O–H groups in total. The molecule has 8 nitrogen and oxygen atoms in total. The number of benzene rings is 2. The standard InChI is InChI=1S/C23H24N2O6/c1-15-12-19-18(13-17(15)20(26)29-2)25(21(27)23(31-19)8-9-23)11-10-24-22(28)30-14-16-6-4-3-5-7-16/h3-7,12-13H,8-11,14H2,1-2H3,(H,24,28). The summed E-state index contributed by atoms with van der Waals surface area (Å²) in [6.45, 7) is 2.37. The largest absolute Gasteiger partial charge is 0.475 e. The van der Waals surface area contributed by atoms with Gasteiger partial charge < -0.3 is 24.4 Å². The third-order valence-electron chi connectivity index (χ3n) is 5.46. The highest BCUT2D eigenvalue weighted by molar-refractivity contribution is 6.06. The Morgan fingerprint density at radius 2 is 1.94 bits per heavy atom. The normalized spacial score (nSPS) is 15.7. The van der Waals surface area contributed by atoms with Crippen LogP contribution in [0.25, 0.3) is 0 Å². The highest BCUT2D eigenvalue weighted by Gasteiger charge is 2.58. The van der Waals surface area contributed by atoms with Crippen molar-refractivity contribution in [3.8, 4) is 5.75 Å². The van der Waals surface area contributed by atoms with Gasteiger partial charge in [-0.1, -0.05) is 30.3 Å². The lowest BCUT2D eigenvalue weighted by Crippen LogP contribution is -2.50. The van der Waals surface area contributed by atoms with Crippen LogP contribution in [0.1, 0.15) is 34.3 Å². The maximum absolute atomic E-state index is 13.0. The summed E-state index contributed by atoms with van der Waals surface area (Å²) in [5, 5.41) is 2.67. The molecule has 0 unspecified atom stereocenters. The van der Waals surface area contributed by atoms with Crippen LogP contribution in [-0.4, -0.2) is 43.8 Å². The minimum absolute atomic E-state index is 0.164. The molecule has 2 aromatic rings. The maximum Gasteiger partial charge on any atom is 0.407 e. The molecule has 1 aliphatic carbocycles. The molecule has 0 atom stereocenters. The number of carbonyl (C=O) groups excluding carboxylic acids is 3. The summed E-state index contributed by atoms with van der Waals surface area (Å²) in [6.07, 6.45) is 0.725. The number of nitrogens with zero attached hydrogens (tertiary/aromatic N) is 1. The Bertz CT molecular complexity index is 1020. The second-order valence-electron chi connectivity index (χ2n) is 7.67. The zero-order valence-electron chi connectivity index (χ0n) is 17.5. The monoisotopic (exact) mass is 424 g/mol. The van der Waals surface area contributed by atoms with Crippen molar-refractivity contribution in [3.63, 3.8) is 0 Å². The van der Waals surface area contributed by atoms with Crippen molar-refractivity contribution in [3.05, 3.63) is 59.2 Å². The van der Waals surface area contributed by atoms with Crippen LogP contribution >= 0.6 is 0 Å². The van der Waals surface area contributed by atoms with Gasteiger partial charge in [0.15, 0.2) is 5.60 Å². The number of carbonyl (C=O) groups is 3. The Hall–Kier alpha value is -3.55. The summed E-state index contributed by atoms with van der Waals surface area (Å²) >= 11 is 0. The molecule has 1 spiro atoms. The van der Waals surface area contributed by atoms with Gasteiger partial charge >= 0.3 is 12.1 Å². The molecule has 162 valence electrons. The number of alkyl carbamates (subject to hydrolysis) is 1. The van der Waals surface area contributed by atoms with E-state index in [9.17, 15) is 14.4 Å². The van der Waals surface area contributed by atoms with E-state index in [1.54, 1.807) is 24.0 Å². The average Bonchev–Trinajstić information content (AvgIpc) is 3.55. The molecule has 31 heavy (non-hydrogen) atoms. The van der Waals surface area contributed by atoms with Crippen LogP contribution in [-0.2, 0) is 20.9 Å². The van der Waals surface area contributed by atoms with Crippen molar-refractivity contribution in [1.82, 2.24) is 5.32 Å². The first-order chi connectivity index (χ1) is 14.9. The van der Waals surface area contributed by atoms with Crippen LogP contribution < -0.4 is 15.0 Å². The predicted octanol–water partition coefficient (Wildman–Crippen LogP) is 2.97. The van der Waals surface area contributed by atoms with Crippen LogP contribution in [0.3, 0.4) is 0 Å². The van der Waals surface area contributed by atoms with E-state index < -0.39 is 17.7 Å². The average molecular weight is 424 g/mol. The van der Waals surface area contributed by atoms with Crippen LogP contribution in [0, 0.1) is 6.92 Å². The third kappa shape index (κ3) is 4.19. The number of anilines is 1. The topological polar surface area (TPSA) is 94.2 Å². The van der Waals surface area contributed by atoms with Gasteiger partial charge in [0.05, 0.1) is 18.4 Å². The summed E-state index contributed by atoms with van der Waals surface area (Å²) in [6, 6.07) is 12.7. The molecule has 1 aliphatic heterocycles. The van der Waals surface area contributed by atoms with Crippen molar-refractivity contribution in [2.24, 2.45) is 0 Å². The molecule has 1 saturated carbocycles. The van der Waals surface area contributed by atoms with Gasteiger partial charge in [0, 0.05) is 25.9 Å². The number of aryl methyl sites for hydroxylation is 1. The fourth-order valence-corrected chi connectivity index (χ4v) is 3.60. The summed E-state index contributed by atoms with van der Waals surface area (Å²) in [4.78, 5) is 38.7. The summed E-state index contributed by atoms with van der Waals surface area (Å²) < 4.78 is 16.0. The minimum Gasteiger partial charge on any atom is -0.475 e. The quantitative estimate of drug-likeness (QED) is 0.717. The van der Waals surface area contributed by atoms with E-state index in [-0.39, 0.29) is 25.6 Å². The summed E-state index contributed by atoms with van der Waals surface area (Å²) in [5.41, 5.74) is 1.62. The highest BCUT2D eigenvalue weighted by atomic mass is 16.5. The highest BCUT2D eigenvalue weighted by Crippen LogP contribution is 2.49. The maximum atomic E-state index is 13.0. The summed E-state index contributed by atoms with van der Waals surface area (Å²) in [5.74, 6) is -0.102. The smallest absolute Gasteiger partial charge is 0.407 e. The van der Waals surface area contributed by atoms with Crippen LogP contribution in [0.15, 0.2) is 42.5 Å². The lowest BCUT2D eigenvalue weighted by Gasteiger charge is -2.35. The van der Waals surface area contributed by atoms with E-state index in [2.05, 4.69) is 5.32 Å². The Morgan fingerprint density at radius 1 is 1.19 bits per heavy atom. The number of esters is 1. The van der Waals surface area contributed by atoms with Gasteiger partial charge in [-0.25, -0.2) is 9.59 Å². The van der Waals surface area contributed by atoms with Gasteiger partial charge in [0.25, 0.3) is 5.91 Å². The Labute approximate surface area is 180 Å². The molecule has 2 aliphatic rings. The van der Waals surface area contributed by atoms with E-state index in [0.29, 0.717) is 35.4 Å². The Morgan fingerprint density at radius 3 is 2.61 bits per heavy atom. The van der Waals surface area contributed by atoms with Crippen molar-refractivity contribution in [1.29, 1.82) is 0 Å². The van der Waals surface area contributed by atoms with Crippen LogP contribution in [0.2, 0.25) is 0 Å². The van der Waals surface area contributed by atoms with Crippen molar-refractivity contribution in [2.45, 2.75) is 32.0 Å². The van der Waals surface area contributed by atoms with Crippen molar-refractivity contribution >= 4 is 23.7 Å². The first-order valence-electron chi connectivity index (χ1n) is 10.1. The number of hydrogen-bond acceptors (Lipinski definition) is 6. The van der Waals surface area contributed by atoms with Gasteiger partial charge in [-0.05, 0) is 30.2 Å². The van der Waals surface area contributed by atoms with E-state index >= 15 is 0 Å². The number of nitrogens with one attached hydrogen (secondary N) is 1. The first kappa shape index (κ1) is 20.7. The molecule has 2 aromatic carbocycles.